The van der Waals surface area contributed by atoms with Crippen molar-refractivity contribution >= 4 is 5.91 Å². The molecule has 0 unspecified atom stereocenters. The van der Waals surface area contributed by atoms with Gasteiger partial charge in [0, 0.05) is 50.7 Å². The molecule has 0 N–H and O–H groups in total. The molecule has 1 amide bonds. The van der Waals surface area contributed by atoms with Crippen LogP contribution in [0.3, 0.4) is 0 Å². The average molecular weight is 327 g/mol. The highest BCUT2D eigenvalue weighted by Crippen LogP contribution is 2.19. The van der Waals surface area contributed by atoms with Gasteiger partial charge in [0.25, 0.3) is 5.91 Å². The summed E-state index contributed by atoms with van der Waals surface area (Å²) >= 11 is 0. The Kier molecular flexibility index (Phi) is 5.20. The predicted molar refractivity (Wildman–Crippen MR) is 91.0 cm³/mol. The van der Waals surface area contributed by atoms with Crippen molar-refractivity contribution in [1.82, 2.24) is 14.8 Å². The lowest BCUT2D eigenvalue weighted by molar-refractivity contribution is 0.0636. The topological polar surface area (TPSA) is 36.4 Å². The summed E-state index contributed by atoms with van der Waals surface area (Å²) in [6.07, 6.45) is 5.54. The third-order valence-corrected chi connectivity index (χ3v) is 4.67. The van der Waals surface area contributed by atoms with Crippen molar-refractivity contribution in [3.05, 3.63) is 65.7 Å². The van der Waals surface area contributed by atoms with Gasteiger partial charge in [0.2, 0.25) is 0 Å². The Balaban J connectivity index is 1.54. The minimum atomic E-state index is -0.321. The van der Waals surface area contributed by atoms with E-state index >= 15 is 0 Å². The number of rotatable bonds is 4. The van der Waals surface area contributed by atoms with E-state index in [2.05, 4.69) is 9.88 Å². The molecule has 0 spiro atoms. The Morgan fingerprint density at radius 3 is 2.42 bits per heavy atom. The number of benzene rings is 1. The first-order chi connectivity index (χ1) is 11.6. The third kappa shape index (κ3) is 3.97. The summed E-state index contributed by atoms with van der Waals surface area (Å²) in [6.45, 7) is 2.85. The van der Waals surface area contributed by atoms with Gasteiger partial charge in [0.05, 0.1) is 0 Å². The summed E-state index contributed by atoms with van der Waals surface area (Å²) in [5, 5.41) is 0. The smallest absolute Gasteiger partial charge is 0.253 e. The van der Waals surface area contributed by atoms with Crippen LogP contribution in [0.5, 0.6) is 0 Å². The molecule has 1 aliphatic heterocycles. The summed E-state index contributed by atoms with van der Waals surface area (Å²) < 4.78 is 13.0. The molecule has 0 radical (unpaired) electrons. The van der Waals surface area contributed by atoms with Crippen LogP contribution >= 0.6 is 0 Å². The van der Waals surface area contributed by atoms with Crippen LogP contribution in [0.25, 0.3) is 0 Å². The molecule has 0 saturated carbocycles. The quantitative estimate of drug-likeness (QED) is 0.866. The molecule has 1 saturated heterocycles. The molecule has 0 aliphatic carbocycles. The lowest BCUT2D eigenvalue weighted by Crippen LogP contribution is -2.45. The molecular formula is C19H22FN3O. The molecule has 4 nitrogen and oxygen atoms in total. The van der Waals surface area contributed by atoms with E-state index in [1.165, 1.54) is 17.7 Å². The Morgan fingerprint density at radius 1 is 1.17 bits per heavy atom. The van der Waals surface area contributed by atoms with Crippen LogP contribution in [0.2, 0.25) is 0 Å². The minimum absolute atomic E-state index is 0.0393. The van der Waals surface area contributed by atoms with Crippen LogP contribution in [0.15, 0.2) is 48.8 Å². The van der Waals surface area contributed by atoms with Crippen LogP contribution in [-0.4, -0.2) is 46.9 Å². The monoisotopic (exact) mass is 327 g/mol. The molecule has 24 heavy (non-hydrogen) atoms. The molecule has 1 aliphatic rings. The highest BCUT2D eigenvalue weighted by atomic mass is 19.1. The van der Waals surface area contributed by atoms with Crippen LogP contribution in [0.1, 0.15) is 28.8 Å². The maximum atomic E-state index is 13.0. The molecule has 1 aromatic carbocycles. The third-order valence-electron chi connectivity index (χ3n) is 4.67. The Hall–Kier alpha value is -2.27. The maximum Gasteiger partial charge on any atom is 0.253 e. The summed E-state index contributed by atoms with van der Waals surface area (Å²) in [4.78, 5) is 20.8. The van der Waals surface area contributed by atoms with Gasteiger partial charge in [0.1, 0.15) is 5.82 Å². The van der Waals surface area contributed by atoms with E-state index in [9.17, 15) is 9.18 Å². The van der Waals surface area contributed by atoms with E-state index in [1.54, 1.807) is 17.0 Å². The number of carbonyl (C=O) groups excluding carboxylic acids is 1. The van der Waals surface area contributed by atoms with Gasteiger partial charge in [-0.15, -0.1) is 0 Å². The van der Waals surface area contributed by atoms with E-state index in [4.69, 9.17) is 0 Å². The van der Waals surface area contributed by atoms with Crippen LogP contribution in [0.4, 0.5) is 4.39 Å². The van der Waals surface area contributed by atoms with E-state index in [-0.39, 0.29) is 17.8 Å². The predicted octanol–water partition coefficient (Wildman–Crippen LogP) is 2.96. The number of amides is 1. The van der Waals surface area contributed by atoms with E-state index in [0.29, 0.717) is 5.56 Å². The number of halogens is 1. The summed E-state index contributed by atoms with van der Waals surface area (Å²) in [5.74, 6) is -0.360. The van der Waals surface area contributed by atoms with Crippen LogP contribution in [0, 0.1) is 5.82 Å². The van der Waals surface area contributed by atoms with Crippen molar-refractivity contribution in [2.45, 2.75) is 25.4 Å². The molecule has 0 bridgehead atoms. The van der Waals surface area contributed by atoms with Gasteiger partial charge >= 0.3 is 0 Å². The number of nitrogens with zero attached hydrogens (tertiary/aromatic N) is 3. The van der Waals surface area contributed by atoms with Crippen molar-refractivity contribution < 1.29 is 9.18 Å². The van der Waals surface area contributed by atoms with Crippen molar-refractivity contribution in [2.24, 2.45) is 0 Å². The van der Waals surface area contributed by atoms with E-state index < -0.39 is 0 Å². The number of hydrogen-bond donors (Lipinski definition) is 0. The Morgan fingerprint density at radius 2 is 1.79 bits per heavy atom. The molecule has 1 aromatic heterocycles. The highest BCUT2D eigenvalue weighted by molar-refractivity contribution is 5.94. The zero-order chi connectivity index (χ0) is 16.9. The molecule has 5 heteroatoms. The zero-order valence-corrected chi connectivity index (χ0v) is 13.9. The number of likely N-dealkylation sites (tertiary alicyclic amines) is 1. The first kappa shape index (κ1) is 16.6. The molecule has 0 atom stereocenters. The van der Waals surface area contributed by atoms with Gasteiger partial charge < -0.3 is 4.90 Å². The lowest BCUT2D eigenvalue weighted by Gasteiger charge is -2.36. The number of piperidine rings is 1. The normalized spacial score (nSPS) is 16.1. The van der Waals surface area contributed by atoms with Crippen molar-refractivity contribution in [1.29, 1.82) is 0 Å². The Bertz CT molecular complexity index is 667. The Labute approximate surface area is 141 Å². The minimum Gasteiger partial charge on any atom is -0.339 e. The SMILES string of the molecule is CN(C(=O)c1ccc(F)cc1)C1CCN(Cc2ccncc2)CC1. The number of aromatic nitrogens is 1. The second-order valence-electron chi connectivity index (χ2n) is 6.29. The molecule has 126 valence electrons. The van der Waals surface area contributed by atoms with E-state index in [1.807, 2.05) is 31.6 Å². The summed E-state index contributed by atoms with van der Waals surface area (Å²) in [6, 6.07) is 10.1. The molecule has 3 rings (SSSR count). The lowest BCUT2D eigenvalue weighted by atomic mass is 10.0. The fourth-order valence-electron chi connectivity index (χ4n) is 3.17. The fourth-order valence-corrected chi connectivity index (χ4v) is 3.17. The van der Waals surface area contributed by atoms with Gasteiger partial charge in [-0.25, -0.2) is 4.39 Å². The zero-order valence-electron chi connectivity index (χ0n) is 13.9. The number of hydrogen-bond acceptors (Lipinski definition) is 3. The van der Waals surface area contributed by atoms with E-state index in [0.717, 1.165) is 32.5 Å². The fraction of sp³-hybridized carbons (Fsp3) is 0.368. The van der Waals surface area contributed by atoms with Crippen LogP contribution < -0.4 is 0 Å². The maximum absolute atomic E-state index is 13.0. The first-order valence-corrected chi connectivity index (χ1v) is 8.27. The molecule has 2 heterocycles. The molecule has 2 aromatic rings. The van der Waals surface area contributed by atoms with Crippen LogP contribution in [-0.2, 0) is 6.54 Å². The second kappa shape index (κ2) is 7.53. The standard InChI is InChI=1S/C19H22FN3O/c1-22(19(24)16-2-4-17(20)5-3-16)18-8-12-23(13-9-18)14-15-6-10-21-11-7-15/h2-7,10-11,18H,8-9,12-14H2,1H3. The van der Waals surface area contributed by atoms with Gasteiger partial charge in [0.15, 0.2) is 0 Å². The average Bonchev–Trinajstić information content (AvgIpc) is 2.63. The first-order valence-electron chi connectivity index (χ1n) is 8.27. The van der Waals surface area contributed by atoms with Crippen molar-refractivity contribution in [2.75, 3.05) is 20.1 Å². The second-order valence-corrected chi connectivity index (χ2v) is 6.29. The number of carbonyl (C=O) groups is 1. The van der Waals surface area contributed by atoms with Gasteiger partial charge in [-0.1, -0.05) is 0 Å². The largest absolute Gasteiger partial charge is 0.339 e. The number of pyridine rings is 1. The van der Waals surface area contributed by atoms with Crippen molar-refractivity contribution in [3.8, 4) is 0 Å². The highest BCUT2D eigenvalue weighted by Gasteiger charge is 2.26. The van der Waals surface area contributed by atoms with Gasteiger partial charge in [-0.05, 0) is 54.8 Å². The molecular weight excluding hydrogens is 305 g/mol. The van der Waals surface area contributed by atoms with Gasteiger partial charge in [-0.3, -0.25) is 14.7 Å². The summed E-state index contributed by atoms with van der Waals surface area (Å²) in [7, 11) is 1.84. The van der Waals surface area contributed by atoms with Crippen molar-refractivity contribution in [3.63, 3.8) is 0 Å². The van der Waals surface area contributed by atoms with Gasteiger partial charge in [-0.2, -0.15) is 0 Å². The summed E-state index contributed by atoms with van der Waals surface area (Å²) in [5.41, 5.74) is 1.80. The molecule has 1 fully saturated rings.